The van der Waals surface area contributed by atoms with Gasteiger partial charge >= 0.3 is 0 Å². The lowest BCUT2D eigenvalue weighted by Gasteiger charge is -2.35. The molecule has 1 aromatic carbocycles. The summed E-state index contributed by atoms with van der Waals surface area (Å²) in [5, 5.41) is 14.0. The third-order valence-electron chi connectivity index (χ3n) is 5.98. The van der Waals surface area contributed by atoms with Gasteiger partial charge in [-0.25, -0.2) is 14.4 Å². The number of piperidine rings is 1. The average Bonchev–Trinajstić information content (AvgIpc) is 3.33. The fourth-order valence-corrected chi connectivity index (χ4v) is 4.27. The van der Waals surface area contributed by atoms with Gasteiger partial charge in [-0.1, -0.05) is 5.21 Å². The van der Waals surface area contributed by atoms with Crippen LogP contribution >= 0.6 is 0 Å². The predicted molar refractivity (Wildman–Crippen MR) is 127 cm³/mol. The first-order valence-corrected chi connectivity index (χ1v) is 11.3. The highest BCUT2D eigenvalue weighted by Gasteiger charge is 2.33. The van der Waals surface area contributed by atoms with Gasteiger partial charge in [-0.05, 0) is 55.8 Å². The highest BCUT2D eigenvalue weighted by molar-refractivity contribution is 6.10. The number of hydrogen-bond acceptors (Lipinski definition) is 7. The molecule has 11 heteroatoms. The molecule has 0 bridgehead atoms. The van der Waals surface area contributed by atoms with Crippen molar-refractivity contribution in [2.45, 2.75) is 18.9 Å². The normalized spacial score (nSPS) is 15.7. The Balaban J connectivity index is 1.56. The second-order valence-corrected chi connectivity index (χ2v) is 8.14. The van der Waals surface area contributed by atoms with Crippen molar-refractivity contribution in [3.8, 4) is 5.69 Å². The summed E-state index contributed by atoms with van der Waals surface area (Å²) in [5.74, 6) is -1.48. The van der Waals surface area contributed by atoms with E-state index < -0.39 is 11.7 Å². The number of amides is 2. The minimum Gasteiger partial charge on any atom is -0.355 e. The van der Waals surface area contributed by atoms with E-state index in [2.05, 4.69) is 30.9 Å². The van der Waals surface area contributed by atoms with E-state index in [-0.39, 0.29) is 28.9 Å². The third-order valence-corrected chi connectivity index (χ3v) is 5.98. The van der Waals surface area contributed by atoms with Gasteiger partial charge < -0.3 is 10.6 Å². The Morgan fingerprint density at radius 2 is 1.97 bits per heavy atom. The fraction of sp³-hybridized carbons (Fsp3) is 0.250. The Bertz CT molecular complexity index is 1400. The van der Waals surface area contributed by atoms with Gasteiger partial charge in [0.15, 0.2) is 5.65 Å². The number of carbonyl (C=O) groups excluding carboxylic acids is 2. The lowest BCUT2D eigenvalue weighted by atomic mass is 10.0. The standard InChI is InChI=1S/C24H23FN8O2/c1-26-23(34)18-6-3-11-28-21(18)32(16-5-2-10-27-14-16)24(35)17-9-8-15(13-19(17)25)33-22-20(30-31-33)7-4-12-29-22/h3-4,6-9,11-13,16,27H,2,5,10,14H2,1H3,(H,26,34)/t16-/m1/s1. The molecule has 2 N–H and O–H groups in total. The maximum absolute atomic E-state index is 15.4. The fourth-order valence-electron chi connectivity index (χ4n) is 4.27. The second kappa shape index (κ2) is 9.55. The molecule has 10 nitrogen and oxygen atoms in total. The molecule has 3 aromatic heterocycles. The van der Waals surface area contributed by atoms with Gasteiger partial charge in [0.25, 0.3) is 11.8 Å². The number of halogens is 1. The van der Waals surface area contributed by atoms with E-state index in [1.165, 1.54) is 35.0 Å². The monoisotopic (exact) mass is 474 g/mol. The first kappa shape index (κ1) is 22.5. The molecular formula is C24H23FN8O2. The van der Waals surface area contributed by atoms with E-state index in [0.29, 0.717) is 29.8 Å². The average molecular weight is 475 g/mol. The van der Waals surface area contributed by atoms with Crippen molar-refractivity contribution in [3.05, 3.63) is 71.8 Å². The summed E-state index contributed by atoms with van der Waals surface area (Å²) in [7, 11) is 1.51. The Labute approximate surface area is 200 Å². The van der Waals surface area contributed by atoms with E-state index in [4.69, 9.17) is 0 Å². The molecule has 2 amide bonds. The lowest BCUT2D eigenvalue weighted by molar-refractivity contribution is 0.0960. The number of carbonyl (C=O) groups is 2. The Hall–Kier alpha value is -4.25. The van der Waals surface area contributed by atoms with Crippen LogP contribution in [0.15, 0.2) is 54.9 Å². The van der Waals surface area contributed by atoms with Crippen LogP contribution in [0.4, 0.5) is 10.2 Å². The van der Waals surface area contributed by atoms with E-state index in [0.717, 1.165) is 13.0 Å². The van der Waals surface area contributed by atoms with Crippen molar-refractivity contribution in [1.29, 1.82) is 0 Å². The van der Waals surface area contributed by atoms with Crippen LogP contribution in [0.5, 0.6) is 0 Å². The lowest BCUT2D eigenvalue weighted by Crippen LogP contribution is -2.50. The maximum atomic E-state index is 15.4. The van der Waals surface area contributed by atoms with Crippen LogP contribution in [-0.2, 0) is 0 Å². The van der Waals surface area contributed by atoms with Gasteiger partial charge in [0.05, 0.1) is 22.9 Å². The molecule has 1 aliphatic heterocycles. The summed E-state index contributed by atoms with van der Waals surface area (Å²) in [6.07, 6.45) is 4.65. The van der Waals surface area contributed by atoms with Crippen LogP contribution < -0.4 is 15.5 Å². The second-order valence-electron chi connectivity index (χ2n) is 8.14. The van der Waals surface area contributed by atoms with E-state index in [1.54, 1.807) is 36.5 Å². The number of rotatable bonds is 5. The molecule has 5 rings (SSSR count). The molecule has 1 fully saturated rings. The SMILES string of the molecule is CNC(=O)c1cccnc1N(C(=O)c1ccc(-n2nnc3cccnc32)cc1F)[C@@H]1CCCNC1. The maximum Gasteiger partial charge on any atom is 0.262 e. The summed E-state index contributed by atoms with van der Waals surface area (Å²) in [6, 6.07) is 10.7. The zero-order valence-corrected chi connectivity index (χ0v) is 19.0. The molecule has 4 heterocycles. The summed E-state index contributed by atoms with van der Waals surface area (Å²) in [4.78, 5) is 36.4. The number of aromatic nitrogens is 5. The highest BCUT2D eigenvalue weighted by atomic mass is 19.1. The number of anilines is 1. The van der Waals surface area contributed by atoms with E-state index >= 15 is 4.39 Å². The Kier molecular flexibility index (Phi) is 6.15. The van der Waals surface area contributed by atoms with Crippen molar-refractivity contribution in [3.63, 3.8) is 0 Å². The van der Waals surface area contributed by atoms with Crippen molar-refractivity contribution in [1.82, 2.24) is 35.6 Å². The summed E-state index contributed by atoms with van der Waals surface area (Å²) in [6.45, 7) is 1.33. The van der Waals surface area contributed by atoms with Crippen LogP contribution in [0.3, 0.4) is 0 Å². The quantitative estimate of drug-likeness (QED) is 0.455. The number of pyridine rings is 2. The molecule has 178 valence electrons. The zero-order chi connectivity index (χ0) is 24.4. The molecule has 1 saturated heterocycles. The van der Waals surface area contributed by atoms with Crippen molar-refractivity contribution < 1.29 is 14.0 Å². The molecule has 0 aliphatic carbocycles. The van der Waals surface area contributed by atoms with Crippen LogP contribution in [-0.4, -0.2) is 63.0 Å². The molecule has 0 radical (unpaired) electrons. The smallest absolute Gasteiger partial charge is 0.262 e. The number of hydrogen-bond donors (Lipinski definition) is 2. The zero-order valence-electron chi connectivity index (χ0n) is 19.0. The molecule has 0 unspecified atom stereocenters. The molecule has 1 aliphatic rings. The van der Waals surface area contributed by atoms with Gasteiger partial charge in [0.2, 0.25) is 0 Å². The van der Waals surface area contributed by atoms with Gasteiger partial charge in [0, 0.05) is 32.1 Å². The van der Waals surface area contributed by atoms with Crippen LogP contribution in [0, 0.1) is 5.82 Å². The third kappa shape index (κ3) is 4.21. The van der Waals surface area contributed by atoms with Gasteiger partial charge in [0.1, 0.15) is 17.2 Å². The molecular weight excluding hydrogens is 451 g/mol. The minimum atomic E-state index is -0.724. The van der Waals surface area contributed by atoms with Crippen molar-refractivity contribution in [2.75, 3.05) is 25.0 Å². The first-order chi connectivity index (χ1) is 17.1. The molecule has 0 spiro atoms. The van der Waals surface area contributed by atoms with Crippen LogP contribution in [0.25, 0.3) is 16.9 Å². The predicted octanol–water partition coefficient (Wildman–Crippen LogP) is 2.11. The molecule has 4 aromatic rings. The molecule has 1 atom stereocenters. The van der Waals surface area contributed by atoms with Crippen LogP contribution in [0.2, 0.25) is 0 Å². The topological polar surface area (TPSA) is 118 Å². The molecule has 35 heavy (non-hydrogen) atoms. The highest BCUT2D eigenvalue weighted by Crippen LogP contribution is 2.27. The van der Waals surface area contributed by atoms with Crippen molar-refractivity contribution >= 4 is 28.8 Å². The van der Waals surface area contributed by atoms with Gasteiger partial charge in [-0.15, -0.1) is 5.10 Å². The van der Waals surface area contributed by atoms with E-state index in [1.807, 2.05) is 0 Å². The number of nitrogens with one attached hydrogen (secondary N) is 2. The van der Waals surface area contributed by atoms with Gasteiger partial charge in [-0.3, -0.25) is 14.5 Å². The number of nitrogens with zero attached hydrogens (tertiary/aromatic N) is 6. The van der Waals surface area contributed by atoms with E-state index in [9.17, 15) is 9.59 Å². The Morgan fingerprint density at radius 1 is 1.14 bits per heavy atom. The largest absolute Gasteiger partial charge is 0.355 e. The summed E-state index contributed by atoms with van der Waals surface area (Å²) in [5.41, 5.74) is 1.54. The molecule has 0 saturated carbocycles. The van der Waals surface area contributed by atoms with Gasteiger partial charge in [-0.2, -0.15) is 4.68 Å². The summed E-state index contributed by atoms with van der Waals surface area (Å²) >= 11 is 0. The minimum absolute atomic E-state index is 0.134. The number of fused-ring (bicyclic) bond motifs is 1. The first-order valence-electron chi connectivity index (χ1n) is 11.3. The van der Waals surface area contributed by atoms with Crippen molar-refractivity contribution in [2.24, 2.45) is 0 Å². The van der Waals surface area contributed by atoms with Crippen LogP contribution in [0.1, 0.15) is 33.6 Å². The summed E-state index contributed by atoms with van der Waals surface area (Å²) < 4.78 is 16.8. The Morgan fingerprint density at radius 3 is 2.74 bits per heavy atom. The number of benzene rings is 1.